The van der Waals surface area contributed by atoms with Crippen LogP contribution in [0.15, 0.2) is 59.5 Å². The number of hydrogen-bond acceptors (Lipinski definition) is 4. The number of hydrogen-bond donors (Lipinski definition) is 1. The van der Waals surface area contributed by atoms with Gasteiger partial charge in [0.05, 0.1) is 12.7 Å². The molecule has 1 aromatic heterocycles. The Kier molecular flexibility index (Phi) is 7.45. The van der Waals surface area contributed by atoms with Crippen LogP contribution < -0.4 is 15.6 Å². The molecule has 2 heterocycles. The minimum atomic E-state index is -0.154. The summed E-state index contributed by atoms with van der Waals surface area (Å²) in [5.74, 6) is 1.43. The van der Waals surface area contributed by atoms with Gasteiger partial charge in [-0.25, -0.2) is 0 Å². The zero-order valence-corrected chi connectivity index (χ0v) is 19.5. The number of nitrogens with zero attached hydrogens (tertiary/aromatic N) is 2. The van der Waals surface area contributed by atoms with E-state index < -0.39 is 0 Å². The molecule has 174 valence electrons. The molecule has 2 aromatic carbocycles. The maximum atomic E-state index is 13.1. The van der Waals surface area contributed by atoms with Crippen molar-refractivity contribution in [3.63, 3.8) is 0 Å². The van der Waals surface area contributed by atoms with E-state index in [9.17, 15) is 9.59 Å². The molecule has 0 aliphatic carbocycles. The molecule has 1 fully saturated rings. The highest BCUT2D eigenvalue weighted by Crippen LogP contribution is 2.21. The summed E-state index contributed by atoms with van der Waals surface area (Å²) in [5.41, 5.74) is 1.05. The van der Waals surface area contributed by atoms with Gasteiger partial charge >= 0.3 is 0 Å². The van der Waals surface area contributed by atoms with Gasteiger partial charge in [0, 0.05) is 29.2 Å². The summed E-state index contributed by atoms with van der Waals surface area (Å²) in [5, 5.41) is 4.27. The number of fused-ring (bicyclic) bond motifs is 1. The van der Waals surface area contributed by atoms with Crippen molar-refractivity contribution in [2.75, 3.05) is 33.3 Å². The highest BCUT2D eigenvalue weighted by molar-refractivity contribution is 6.06. The van der Waals surface area contributed by atoms with Crippen LogP contribution in [-0.2, 0) is 0 Å². The summed E-state index contributed by atoms with van der Waals surface area (Å²) in [6.45, 7) is 6.20. The zero-order chi connectivity index (χ0) is 23.2. The van der Waals surface area contributed by atoms with Crippen LogP contribution in [0.3, 0.4) is 0 Å². The van der Waals surface area contributed by atoms with Gasteiger partial charge in [-0.1, -0.05) is 31.5 Å². The molecule has 1 N–H and O–H groups in total. The second kappa shape index (κ2) is 10.7. The highest BCUT2D eigenvalue weighted by atomic mass is 16.5. The third kappa shape index (κ3) is 5.28. The van der Waals surface area contributed by atoms with Crippen LogP contribution in [0.1, 0.15) is 43.0 Å². The van der Waals surface area contributed by atoms with Crippen LogP contribution in [0.2, 0.25) is 0 Å². The zero-order valence-electron chi connectivity index (χ0n) is 19.5. The molecule has 1 amide bonds. The summed E-state index contributed by atoms with van der Waals surface area (Å²) < 4.78 is 6.76. The van der Waals surface area contributed by atoms with Crippen LogP contribution in [0.5, 0.6) is 5.75 Å². The number of nitrogens with one attached hydrogen (secondary N) is 1. The highest BCUT2D eigenvalue weighted by Gasteiger charge is 2.18. The van der Waals surface area contributed by atoms with E-state index in [4.69, 9.17) is 4.74 Å². The van der Waals surface area contributed by atoms with Crippen molar-refractivity contribution in [3.05, 3.63) is 70.6 Å². The minimum absolute atomic E-state index is 0.150. The number of benzene rings is 2. The number of methoxy groups -OCH3 is 1. The first-order valence-electron chi connectivity index (χ1n) is 11.9. The Morgan fingerprint density at radius 3 is 2.42 bits per heavy atom. The van der Waals surface area contributed by atoms with Crippen molar-refractivity contribution < 1.29 is 9.53 Å². The summed E-state index contributed by atoms with van der Waals surface area (Å²) in [6.07, 6.45) is 6.40. The van der Waals surface area contributed by atoms with Gasteiger partial charge in [0.2, 0.25) is 0 Å². The van der Waals surface area contributed by atoms with Crippen LogP contribution in [-0.4, -0.2) is 48.7 Å². The molecule has 1 aliphatic heterocycles. The number of likely N-dealkylation sites (tertiary alicyclic amines) is 1. The number of piperidine rings is 1. The van der Waals surface area contributed by atoms with E-state index in [1.54, 1.807) is 31.5 Å². The Balaban J connectivity index is 1.48. The Hall–Kier alpha value is -3.12. The van der Waals surface area contributed by atoms with Gasteiger partial charge in [-0.05, 0) is 75.1 Å². The van der Waals surface area contributed by atoms with E-state index in [2.05, 4.69) is 17.1 Å². The first-order valence-corrected chi connectivity index (χ1v) is 11.9. The Bertz CT molecular complexity index is 1150. The largest absolute Gasteiger partial charge is 0.497 e. The summed E-state index contributed by atoms with van der Waals surface area (Å²) in [7, 11) is 1.60. The van der Waals surface area contributed by atoms with Crippen molar-refractivity contribution in [3.8, 4) is 11.4 Å². The predicted octanol–water partition coefficient (Wildman–Crippen LogP) is 4.24. The molecule has 6 heteroatoms. The third-order valence-electron chi connectivity index (χ3n) is 6.74. The van der Waals surface area contributed by atoms with Crippen LogP contribution in [0.4, 0.5) is 0 Å². The van der Waals surface area contributed by atoms with Crippen molar-refractivity contribution in [2.24, 2.45) is 5.92 Å². The number of amides is 1. The molecule has 0 radical (unpaired) electrons. The SMILES string of the molecule is CCC1CCN(CCCNC(=O)c2cn(-c3ccc(OC)cc3)c(=O)c3ccccc23)CC1. The van der Waals surface area contributed by atoms with Crippen molar-refractivity contribution in [2.45, 2.75) is 32.6 Å². The monoisotopic (exact) mass is 447 g/mol. The number of ether oxygens (including phenoxy) is 1. The number of aromatic nitrogens is 1. The second-order valence-electron chi connectivity index (χ2n) is 8.76. The molecule has 1 aliphatic rings. The fraction of sp³-hybridized carbons (Fsp3) is 0.407. The maximum absolute atomic E-state index is 13.1. The maximum Gasteiger partial charge on any atom is 0.262 e. The fourth-order valence-corrected chi connectivity index (χ4v) is 4.63. The van der Waals surface area contributed by atoms with E-state index in [0.717, 1.165) is 32.0 Å². The molecule has 6 nitrogen and oxygen atoms in total. The van der Waals surface area contributed by atoms with Gasteiger partial charge in [-0.15, -0.1) is 0 Å². The van der Waals surface area contributed by atoms with Gasteiger partial charge in [0.1, 0.15) is 5.75 Å². The average Bonchev–Trinajstić information content (AvgIpc) is 2.87. The van der Waals surface area contributed by atoms with E-state index in [1.807, 2.05) is 30.3 Å². The molecule has 1 saturated heterocycles. The summed E-state index contributed by atoms with van der Waals surface area (Å²) in [4.78, 5) is 28.8. The summed E-state index contributed by atoms with van der Waals surface area (Å²) >= 11 is 0. The normalized spacial score (nSPS) is 15.0. The lowest BCUT2D eigenvalue weighted by Crippen LogP contribution is -2.36. The van der Waals surface area contributed by atoms with E-state index in [-0.39, 0.29) is 11.5 Å². The lowest BCUT2D eigenvalue weighted by Gasteiger charge is -2.31. The predicted molar refractivity (Wildman–Crippen MR) is 133 cm³/mol. The van der Waals surface area contributed by atoms with Gasteiger partial charge in [-0.3, -0.25) is 14.2 Å². The molecule has 0 atom stereocenters. The average molecular weight is 448 g/mol. The first-order chi connectivity index (χ1) is 16.1. The van der Waals surface area contributed by atoms with Crippen molar-refractivity contribution in [1.29, 1.82) is 0 Å². The van der Waals surface area contributed by atoms with Crippen LogP contribution >= 0.6 is 0 Å². The van der Waals surface area contributed by atoms with E-state index in [0.29, 0.717) is 34.3 Å². The molecular weight excluding hydrogens is 414 g/mol. The standard InChI is InChI=1S/C27H33N3O3/c1-3-20-13-17-29(18-14-20)16-6-15-28-26(31)25-19-30(21-9-11-22(33-2)12-10-21)27(32)24-8-5-4-7-23(24)25/h4-5,7-12,19-20H,3,6,13-18H2,1-2H3,(H,28,31). The smallest absolute Gasteiger partial charge is 0.262 e. The molecule has 0 unspecified atom stereocenters. The fourth-order valence-electron chi connectivity index (χ4n) is 4.63. The lowest BCUT2D eigenvalue weighted by molar-refractivity contribution is 0.0951. The van der Waals surface area contributed by atoms with Crippen LogP contribution in [0.25, 0.3) is 16.5 Å². The number of carbonyl (C=O) groups is 1. The Labute approximate surface area is 195 Å². The topological polar surface area (TPSA) is 63.6 Å². The first kappa shape index (κ1) is 23.1. The van der Waals surface area contributed by atoms with Gasteiger partial charge in [0.25, 0.3) is 11.5 Å². The molecule has 0 bridgehead atoms. The van der Waals surface area contributed by atoms with Crippen LogP contribution in [0, 0.1) is 5.92 Å². The van der Waals surface area contributed by atoms with Gasteiger partial charge in [-0.2, -0.15) is 0 Å². The minimum Gasteiger partial charge on any atom is -0.497 e. The molecule has 3 aromatic rings. The Morgan fingerprint density at radius 1 is 1.06 bits per heavy atom. The summed E-state index contributed by atoms with van der Waals surface area (Å²) in [6, 6.07) is 14.5. The van der Waals surface area contributed by atoms with Crippen molar-refractivity contribution >= 4 is 16.7 Å². The quantitative estimate of drug-likeness (QED) is 0.525. The molecule has 0 saturated carbocycles. The van der Waals surface area contributed by atoms with E-state index in [1.165, 1.54) is 23.8 Å². The molecule has 4 rings (SSSR count). The number of carbonyl (C=O) groups excluding carboxylic acids is 1. The molecule has 33 heavy (non-hydrogen) atoms. The number of pyridine rings is 1. The van der Waals surface area contributed by atoms with Gasteiger partial charge in [0.15, 0.2) is 0 Å². The second-order valence-corrected chi connectivity index (χ2v) is 8.76. The van der Waals surface area contributed by atoms with Crippen molar-refractivity contribution in [1.82, 2.24) is 14.8 Å². The third-order valence-corrected chi connectivity index (χ3v) is 6.74. The Morgan fingerprint density at radius 2 is 1.76 bits per heavy atom. The molecular formula is C27H33N3O3. The van der Waals surface area contributed by atoms with Gasteiger partial charge < -0.3 is 15.0 Å². The lowest BCUT2D eigenvalue weighted by atomic mass is 9.94. The molecule has 0 spiro atoms. The number of rotatable bonds is 8. The van der Waals surface area contributed by atoms with E-state index >= 15 is 0 Å².